The highest BCUT2D eigenvalue weighted by atomic mass is 16.5. The molecule has 0 amide bonds. The summed E-state index contributed by atoms with van der Waals surface area (Å²) in [5, 5.41) is 32.3. The molecule has 2 aromatic rings. The Kier molecular flexibility index (Phi) is 2.51. The number of aromatic nitrogens is 4. The summed E-state index contributed by atoms with van der Waals surface area (Å²) in [4.78, 5) is 11.4. The van der Waals surface area contributed by atoms with Crippen LogP contribution in [0, 0.1) is 0 Å². The van der Waals surface area contributed by atoms with E-state index >= 15 is 0 Å². The maximum Gasteiger partial charge on any atom is 0.348 e. The van der Waals surface area contributed by atoms with E-state index < -0.39 is 11.6 Å². The highest BCUT2D eigenvalue weighted by Crippen LogP contribution is 2.34. The lowest BCUT2D eigenvalue weighted by atomic mass is 10.0. The monoisotopic (exact) mass is 264 g/mol. The predicted octanol–water partition coefficient (Wildman–Crippen LogP) is 0.835. The number of ether oxygens (including phenoxy) is 1. The largest absolute Gasteiger partial charge is 0.491 e. The Morgan fingerprint density at radius 3 is 2.79 bits per heavy atom. The molecule has 0 radical (unpaired) electrons. The van der Waals surface area contributed by atoms with Crippen molar-refractivity contribution in [2.75, 3.05) is 0 Å². The maximum atomic E-state index is 11.4. The van der Waals surface area contributed by atoms with E-state index in [-0.39, 0.29) is 17.3 Å². The molecule has 1 fully saturated rings. The molecule has 0 saturated heterocycles. The van der Waals surface area contributed by atoms with Gasteiger partial charge in [0.15, 0.2) is 5.52 Å². The van der Waals surface area contributed by atoms with Crippen LogP contribution < -0.4 is 4.74 Å². The number of hydrogen-bond donors (Lipinski definition) is 3. The van der Waals surface area contributed by atoms with Gasteiger partial charge in [-0.1, -0.05) is 0 Å². The van der Waals surface area contributed by atoms with Crippen molar-refractivity contribution < 1.29 is 19.7 Å². The molecule has 0 aliphatic heterocycles. The van der Waals surface area contributed by atoms with E-state index in [1.807, 2.05) is 0 Å². The van der Waals surface area contributed by atoms with Gasteiger partial charge >= 0.3 is 5.97 Å². The zero-order valence-electron chi connectivity index (χ0n) is 9.96. The molecule has 0 bridgehead atoms. The minimum absolute atomic E-state index is 0.112. The summed E-state index contributed by atoms with van der Waals surface area (Å²) in [5.41, 5.74) is -0.547. The fourth-order valence-electron chi connectivity index (χ4n) is 2.35. The number of rotatable bonds is 3. The van der Waals surface area contributed by atoms with Crippen molar-refractivity contribution in [3.05, 3.63) is 6.07 Å². The van der Waals surface area contributed by atoms with E-state index in [0.717, 1.165) is 12.8 Å². The Bertz CT molecular complexity index is 633. The van der Waals surface area contributed by atoms with Crippen molar-refractivity contribution in [1.82, 2.24) is 20.4 Å². The number of aliphatic carboxylic acids is 1. The summed E-state index contributed by atoms with van der Waals surface area (Å²) in [5.74, 6) is -1.12. The molecule has 19 heavy (non-hydrogen) atoms. The fraction of sp³-hybridized carbons (Fsp3) is 0.455. The zero-order chi connectivity index (χ0) is 13.5. The molecule has 100 valence electrons. The average Bonchev–Trinajstić information content (AvgIpc) is 2.98. The Morgan fingerprint density at radius 1 is 1.37 bits per heavy atom. The molecule has 1 saturated carbocycles. The maximum absolute atomic E-state index is 11.4. The summed E-state index contributed by atoms with van der Waals surface area (Å²) in [6, 6.07) is 1.48. The number of fused-ring (bicyclic) bond motifs is 1. The van der Waals surface area contributed by atoms with Gasteiger partial charge in [0.1, 0.15) is 0 Å². The van der Waals surface area contributed by atoms with E-state index in [4.69, 9.17) is 4.74 Å². The third kappa shape index (κ3) is 1.85. The number of carboxylic acids is 1. The second-order valence-corrected chi connectivity index (χ2v) is 4.60. The first-order valence-electron chi connectivity index (χ1n) is 5.94. The van der Waals surface area contributed by atoms with E-state index in [9.17, 15) is 15.0 Å². The highest BCUT2D eigenvalue weighted by molar-refractivity contribution is 5.80. The van der Waals surface area contributed by atoms with E-state index in [1.54, 1.807) is 0 Å². The number of H-pyrrole nitrogens is 1. The molecule has 0 aromatic carbocycles. The molecule has 0 unspecified atom stereocenters. The van der Waals surface area contributed by atoms with Gasteiger partial charge in [0.05, 0.1) is 5.52 Å². The van der Waals surface area contributed by atoms with Crippen molar-refractivity contribution in [2.45, 2.75) is 31.3 Å². The summed E-state index contributed by atoms with van der Waals surface area (Å²) < 4.78 is 5.54. The second kappa shape index (κ2) is 4.08. The molecule has 8 nitrogen and oxygen atoms in total. The number of hydrogen-bond acceptors (Lipinski definition) is 6. The molecular formula is C11H12N4O4. The topological polar surface area (TPSA) is 121 Å². The van der Waals surface area contributed by atoms with Crippen LogP contribution in [0.25, 0.3) is 11.0 Å². The van der Waals surface area contributed by atoms with Crippen LogP contribution in [0.5, 0.6) is 11.8 Å². The number of nitrogens with zero attached hydrogens (tertiary/aromatic N) is 3. The van der Waals surface area contributed by atoms with Crippen LogP contribution in [0.1, 0.15) is 25.7 Å². The Labute approximate surface area is 107 Å². The third-order valence-corrected chi connectivity index (χ3v) is 3.37. The van der Waals surface area contributed by atoms with Crippen molar-refractivity contribution >= 4 is 17.0 Å². The average molecular weight is 264 g/mol. The van der Waals surface area contributed by atoms with Gasteiger partial charge in [-0.3, -0.25) is 5.10 Å². The van der Waals surface area contributed by atoms with Crippen molar-refractivity contribution in [2.24, 2.45) is 0 Å². The standard InChI is InChI=1S/C11H12N4O4/c16-9-8-6(12-15-9)5-7(13-14-8)19-11(10(17)18)3-1-2-4-11/h5H,1-4H2,(H,17,18)(H2,12,15,16). The molecule has 1 aliphatic carbocycles. The first-order valence-corrected chi connectivity index (χ1v) is 5.94. The van der Waals surface area contributed by atoms with Gasteiger partial charge in [0.2, 0.25) is 11.5 Å². The van der Waals surface area contributed by atoms with Crippen molar-refractivity contribution in [3.8, 4) is 11.8 Å². The van der Waals surface area contributed by atoms with E-state index in [0.29, 0.717) is 18.4 Å². The van der Waals surface area contributed by atoms with Crippen molar-refractivity contribution in [1.29, 1.82) is 0 Å². The van der Waals surface area contributed by atoms with Gasteiger partial charge in [-0.25, -0.2) is 4.79 Å². The number of nitrogens with one attached hydrogen (secondary N) is 1. The summed E-state index contributed by atoms with van der Waals surface area (Å²) in [6.07, 6.45) is 2.53. The van der Waals surface area contributed by atoms with E-state index in [2.05, 4.69) is 20.4 Å². The lowest BCUT2D eigenvalue weighted by molar-refractivity contribution is -0.155. The zero-order valence-corrected chi connectivity index (χ0v) is 9.96. The minimum atomic E-state index is -1.22. The van der Waals surface area contributed by atoms with E-state index in [1.165, 1.54) is 6.07 Å². The predicted molar refractivity (Wildman–Crippen MR) is 62.8 cm³/mol. The lowest BCUT2D eigenvalue weighted by Crippen LogP contribution is -2.42. The fourth-order valence-corrected chi connectivity index (χ4v) is 2.35. The quantitative estimate of drug-likeness (QED) is 0.750. The molecule has 8 heteroatoms. The lowest BCUT2D eigenvalue weighted by Gasteiger charge is -2.24. The summed E-state index contributed by atoms with van der Waals surface area (Å²) in [7, 11) is 0. The van der Waals surface area contributed by atoms with Crippen LogP contribution in [0.2, 0.25) is 0 Å². The number of carbonyl (C=O) groups is 1. The van der Waals surface area contributed by atoms with Crippen LogP contribution in [0.15, 0.2) is 6.07 Å². The van der Waals surface area contributed by atoms with Crippen LogP contribution in [0.3, 0.4) is 0 Å². The Hall–Kier alpha value is -2.38. The number of aromatic hydroxyl groups is 1. The van der Waals surface area contributed by atoms with Crippen LogP contribution >= 0.6 is 0 Å². The van der Waals surface area contributed by atoms with Crippen LogP contribution in [-0.2, 0) is 4.79 Å². The molecule has 0 spiro atoms. The van der Waals surface area contributed by atoms with Gasteiger partial charge < -0.3 is 14.9 Å². The second-order valence-electron chi connectivity index (χ2n) is 4.60. The molecule has 2 aromatic heterocycles. The van der Waals surface area contributed by atoms with Gasteiger partial charge in [0, 0.05) is 6.07 Å². The molecule has 3 rings (SSSR count). The molecule has 3 N–H and O–H groups in total. The molecular weight excluding hydrogens is 252 g/mol. The Balaban J connectivity index is 1.94. The van der Waals surface area contributed by atoms with Crippen molar-refractivity contribution in [3.63, 3.8) is 0 Å². The normalized spacial score (nSPS) is 17.7. The summed E-state index contributed by atoms with van der Waals surface area (Å²) in [6.45, 7) is 0. The minimum Gasteiger partial charge on any atom is -0.491 e. The summed E-state index contributed by atoms with van der Waals surface area (Å²) >= 11 is 0. The SMILES string of the molecule is O=C(O)C1(Oc2cc3[nH]nc(O)c3nn2)CCCC1. The third-order valence-electron chi connectivity index (χ3n) is 3.37. The van der Waals surface area contributed by atoms with Crippen LogP contribution in [-0.4, -0.2) is 42.2 Å². The smallest absolute Gasteiger partial charge is 0.348 e. The Morgan fingerprint density at radius 2 is 2.11 bits per heavy atom. The van der Waals surface area contributed by atoms with Gasteiger partial charge in [-0.05, 0) is 25.7 Å². The molecule has 2 heterocycles. The van der Waals surface area contributed by atoms with Gasteiger partial charge in [0.25, 0.3) is 5.88 Å². The number of aromatic amines is 1. The first kappa shape index (κ1) is 11.7. The molecule has 0 atom stereocenters. The highest BCUT2D eigenvalue weighted by Gasteiger charge is 2.44. The molecule has 1 aliphatic rings. The van der Waals surface area contributed by atoms with Crippen LogP contribution in [0.4, 0.5) is 0 Å². The van der Waals surface area contributed by atoms with Gasteiger partial charge in [-0.15, -0.1) is 15.3 Å². The number of carboxylic acid groups (broad SMARTS) is 1. The first-order chi connectivity index (χ1) is 9.11. The van der Waals surface area contributed by atoms with Gasteiger partial charge in [-0.2, -0.15) is 0 Å².